The van der Waals surface area contributed by atoms with Gasteiger partial charge < -0.3 is 15.2 Å². The summed E-state index contributed by atoms with van der Waals surface area (Å²) < 4.78 is 45.7. The highest BCUT2D eigenvalue weighted by Crippen LogP contribution is 2.40. The SMILES string of the molecule is Cc1cc(NC(=O)c2ccon2)nc2c(C(=O)NC(C3CC3)C(F)(F)F)ncn12. The molecule has 12 heteroatoms. The molecule has 0 aliphatic heterocycles. The minimum Gasteiger partial charge on any atom is -0.364 e. The number of hydrogen-bond donors (Lipinski definition) is 2. The summed E-state index contributed by atoms with van der Waals surface area (Å²) in [6, 6.07) is 0.952. The van der Waals surface area contributed by atoms with Gasteiger partial charge in [-0.3, -0.25) is 14.0 Å². The van der Waals surface area contributed by atoms with Gasteiger partial charge in [-0.05, 0) is 25.7 Å². The first kappa shape index (κ1) is 18.9. The van der Waals surface area contributed by atoms with Crippen LogP contribution in [0.4, 0.5) is 19.0 Å². The lowest BCUT2D eigenvalue weighted by atomic mass is 10.1. The second-order valence-electron chi connectivity index (χ2n) is 6.74. The molecule has 3 aromatic rings. The normalized spacial score (nSPS) is 15.3. The Bertz CT molecular complexity index is 1070. The van der Waals surface area contributed by atoms with E-state index in [2.05, 4.69) is 25.0 Å². The molecule has 2 N–H and O–H groups in total. The second kappa shape index (κ2) is 6.87. The van der Waals surface area contributed by atoms with Crippen molar-refractivity contribution in [3.8, 4) is 0 Å². The van der Waals surface area contributed by atoms with Gasteiger partial charge in [0.1, 0.15) is 24.5 Å². The van der Waals surface area contributed by atoms with Crippen LogP contribution in [0.3, 0.4) is 0 Å². The van der Waals surface area contributed by atoms with Crippen molar-refractivity contribution in [2.75, 3.05) is 5.32 Å². The third-order valence-electron chi connectivity index (χ3n) is 4.55. The number of anilines is 1. The van der Waals surface area contributed by atoms with Gasteiger partial charge in [0.15, 0.2) is 17.0 Å². The Balaban J connectivity index is 1.62. The van der Waals surface area contributed by atoms with E-state index in [1.165, 1.54) is 29.1 Å². The van der Waals surface area contributed by atoms with E-state index in [1.807, 2.05) is 5.32 Å². The van der Waals surface area contributed by atoms with E-state index in [9.17, 15) is 22.8 Å². The highest BCUT2D eigenvalue weighted by molar-refractivity contribution is 6.03. The molecule has 1 fully saturated rings. The molecule has 1 aliphatic rings. The third kappa shape index (κ3) is 3.77. The average Bonchev–Trinajstić information content (AvgIpc) is 3.15. The number of fused-ring (bicyclic) bond motifs is 1. The lowest BCUT2D eigenvalue weighted by molar-refractivity contribution is -0.158. The van der Waals surface area contributed by atoms with Gasteiger partial charge in [-0.15, -0.1) is 0 Å². The molecule has 0 spiro atoms. The summed E-state index contributed by atoms with van der Waals surface area (Å²) in [5, 5.41) is 8.04. The minimum atomic E-state index is -4.55. The minimum absolute atomic E-state index is 0.0215. The van der Waals surface area contributed by atoms with Crippen molar-refractivity contribution < 1.29 is 27.3 Å². The van der Waals surface area contributed by atoms with Crippen LogP contribution in [-0.2, 0) is 0 Å². The van der Waals surface area contributed by atoms with Crippen LogP contribution in [0.25, 0.3) is 5.65 Å². The molecule has 0 aromatic carbocycles. The summed E-state index contributed by atoms with van der Waals surface area (Å²) in [7, 11) is 0. The van der Waals surface area contributed by atoms with E-state index in [4.69, 9.17) is 0 Å². The number of carbonyl (C=O) groups is 2. The van der Waals surface area contributed by atoms with E-state index in [-0.39, 0.29) is 22.9 Å². The van der Waals surface area contributed by atoms with Crippen LogP contribution in [0.1, 0.15) is 39.5 Å². The first-order valence-corrected chi connectivity index (χ1v) is 8.68. The molecule has 0 radical (unpaired) electrons. The molecular formula is C17H15F3N6O3. The molecule has 3 heterocycles. The standard InChI is InChI=1S/C17H15F3N6O3/c1-8-6-11(23-15(27)10-4-5-29-25-10)22-14-12(21-7-26(8)14)16(28)24-13(9-2-3-9)17(18,19)20/h4-7,9,13H,2-3H2,1H3,(H,24,28)(H,22,23,27). The quantitative estimate of drug-likeness (QED) is 0.670. The average molecular weight is 408 g/mol. The smallest absolute Gasteiger partial charge is 0.364 e. The molecule has 152 valence electrons. The van der Waals surface area contributed by atoms with Gasteiger partial charge in [-0.2, -0.15) is 13.2 Å². The Morgan fingerprint density at radius 3 is 2.69 bits per heavy atom. The van der Waals surface area contributed by atoms with E-state index in [0.29, 0.717) is 18.5 Å². The number of amides is 2. The van der Waals surface area contributed by atoms with Crippen molar-refractivity contribution in [3.05, 3.63) is 41.8 Å². The maximum Gasteiger partial charge on any atom is 0.408 e. The summed E-state index contributed by atoms with van der Waals surface area (Å²) in [5.41, 5.74) is 0.343. The molecule has 4 rings (SSSR count). The van der Waals surface area contributed by atoms with Gasteiger partial charge in [0, 0.05) is 17.8 Å². The number of alkyl halides is 3. The second-order valence-corrected chi connectivity index (χ2v) is 6.74. The maximum atomic E-state index is 13.2. The van der Waals surface area contributed by atoms with Gasteiger partial charge in [-0.1, -0.05) is 5.16 Å². The highest BCUT2D eigenvalue weighted by atomic mass is 19.4. The number of rotatable bonds is 5. The lowest BCUT2D eigenvalue weighted by Crippen LogP contribution is -2.47. The van der Waals surface area contributed by atoms with Gasteiger partial charge >= 0.3 is 6.18 Å². The number of aryl methyl sites for hydroxylation is 1. The van der Waals surface area contributed by atoms with E-state index >= 15 is 0 Å². The van der Waals surface area contributed by atoms with Crippen molar-refractivity contribution in [1.82, 2.24) is 24.8 Å². The van der Waals surface area contributed by atoms with Crippen LogP contribution in [0.5, 0.6) is 0 Å². The van der Waals surface area contributed by atoms with Crippen molar-refractivity contribution in [3.63, 3.8) is 0 Å². The molecule has 3 aromatic heterocycles. The molecule has 1 unspecified atom stereocenters. The number of nitrogens with one attached hydrogen (secondary N) is 2. The topological polar surface area (TPSA) is 114 Å². The largest absolute Gasteiger partial charge is 0.408 e. The van der Waals surface area contributed by atoms with Gasteiger partial charge in [-0.25, -0.2) is 9.97 Å². The monoisotopic (exact) mass is 408 g/mol. The molecule has 29 heavy (non-hydrogen) atoms. The molecule has 0 bridgehead atoms. The van der Waals surface area contributed by atoms with E-state index < -0.39 is 30.0 Å². The van der Waals surface area contributed by atoms with Crippen LogP contribution in [0.2, 0.25) is 0 Å². The predicted molar refractivity (Wildman–Crippen MR) is 92.2 cm³/mol. The lowest BCUT2D eigenvalue weighted by Gasteiger charge is -2.20. The first-order valence-electron chi connectivity index (χ1n) is 8.68. The summed E-state index contributed by atoms with van der Waals surface area (Å²) in [4.78, 5) is 32.7. The Kier molecular flexibility index (Phi) is 4.47. The number of nitrogens with zero attached hydrogens (tertiary/aromatic N) is 4. The Morgan fingerprint density at radius 2 is 2.07 bits per heavy atom. The van der Waals surface area contributed by atoms with Gasteiger partial charge in [0.2, 0.25) is 0 Å². The van der Waals surface area contributed by atoms with E-state index in [1.54, 1.807) is 6.92 Å². The van der Waals surface area contributed by atoms with Crippen molar-refractivity contribution in [2.24, 2.45) is 5.92 Å². The Morgan fingerprint density at radius 1 is 1.31 bits per heavy atom. The molecule has 1 aliphatic carbocycles. The fourth-order valence-corrected chi connectivity index (χ4v) is 2.96. The Labute approximate surface area is 161 Å². The van der Waals surface area contributed by atoms with Crippen LogP contribution >= 0.6 is 0 Å². The van der Waals surface area contributed by atoms with Crippen molar-refractivity contribution in [1.29, 1.82) is 0 Å². The highest BCUT2D eigenvalue weighted by Gasteiger charge is 2.50. The van der Waals surface area contributed by atoms with Crippen molar-refractivity contribution in [2.45, 2.75) is 32.0 Å². The van der Waals surface area contributed by atoms with Crippen LogP contribution < -0.4 is 10.6 Å². The fraction of sp³-hybridized carbons (Fsp3) is 0.353. The van der Waals surface area contributed by atoms with Crippen LogP contribution in [0.15, 0.2) is 29.2 Å². The maximum absolute atomic E-state index is 13.2. The molecule has 9 nitrogen and oxygen atoms in total. The van der Waals surface area contributed by atoms with E-state index in [0.717, 1.165) is 0 Å². The molecular weight excluding hydrogens is 393 g/mol. The summed E-state index contributed by atoms with van der Waals surface area (Å²) in [6.07, 6.45) is -1.22. The van der Waals surface area contributed by atoms with Gasteiger partial charge in [0.25, 0.3) is 11.8 Å². The first-order chi connectivity index (χ1) is 13.7. The number of halogens is 3. The number of imidazole rings is 1. The molecule has 0 saturated heterocycles. The van der Waals surface area contributed by atoms with Crippen LogP contribution in [-0.4, -0.2) is 43.6 Å². The number of aromatic nitrogens is 4. The zero-order valence-electron chi connectivity index (χ0n) is 15.0. The zero-order chi connectivity index (χ0) is 20.8. The predicted octanol–water partition coefficient (Wildman–Crippen LogP) is 2.35. The molecule has 1 atom stereocenters. The Hall–Kier alpha value is -3.44. The molecule has 1 saturated carbocycles. The van der Waals surface area contributed by atoms with Crippen LogP contribution in [0, 0.1) is 12.8 Å². The summed E-state index contributed by atoms with van der Waals surface area (Å²) in [5.74, 6) is -2.10. The third-order valence-corrected chi connectivity index (χ3v) is 4.55. The summed E-state index contributed by atoms with van der Waals surface area (Å²) >= 11 is 0. The molecule has 2 amide bonds. The zero-order valence-corrected chi connectivity index (χ0v) is 15.0. The summed E-state index contributed by atoms with van der Waals surface area (Å²) in [6.45, 7) is 1.67. The van der Waals surface area contributed by atoms with Crippen molar-refractivity contribution >= 4 is 23.3 Å². The van der Waals surface area contributed by atoms with Gasteiger partial charge in [0.05, 0.1) is 0 Å². The fourth-order valence-electron chi connectivity index (χ4n) is 2.96. The number of hydrogen-bond acceptors (Lipinski definition) is 6. The number of carbonyl (C=O) groups excluding carboxylic acids is 2.